The maximum atomic E-state index is 11.9. The third-order valence-corrected chi connectivity index (χ3v) is 4.10. The summed E-state index contributed by atoms with van der Waals surface area (Å²) >= 11 is 0. The molecule has 0 aromatic carbocycles. The van der Waals surface area contributed by atoms with E-state index in [9.17, 15) is 8.42 Å². The number of nitrogens with zero attached hydrogens (tertiary/aromatic N) is 1. The zero-order valence-electron chi connectivity index (χ0n) is 11.4. The van der Waals surface area contributed by atoms with Gasteiger partial charge in [-0.15, -0.1) is 0 Å². The van der Waals surface area contributed by atoms with Gasteiger partial charge in [-0.2, -0.15) is 0 Å². The maximum Gasteiger partial charge on any atom is 0.257 e. The largest absolute Gasteiger partial charge is 0.332 e. The molecule has 1 heterocycles. The molecule has 0 spiro atoms. The summed E-state index contributed by atoms with van der Waals surface area (Å²) < 4.78 is 26.3. The molecule has 5 nitrogen and oxygen atoms in total. The first-order valence-electron chi connectivity index (χ1n) is 6.49. The third kappa shape index (κ3) is 4.78. The maximum absolute atomic E-state index is 11.9. The van der Waals surface area contributed by atoms with Crippen LogP contribution in [-0.2, 0) is 16.4 Å². The molecule has 0 amide bonds. The van der Waals surface area contributed by atoms with Crippen LogP contribution in [0.4, 0.5) is 0 Å². The number of imidazole rings is 1. The molecule has 1 rings (SSSR count). The minimum Gasteiger partial charge on any atom is -0.332 e. The van der Waals surface area contributed by atoms with E-state index in [1.165, 1.54) is 6.20 Å². The van der Waals surface area contributed by atoms with Crippen LogP contribution in [0.5, 0.6) is 0 Å². The van der Waals surface area contributed by atoms with Gasteiger partial charge in [0.25, 0.3) is 10.0 Å². The smallest absolute Gasteiger partial charge is 0.257 e. The number of aromatic amines is 1. The number of rotatable bonds is 8. The van der Waals surface area contributed by atoms with Crippen LogP contribution in [0.3, 0.4) is 0 Å². The Morgan fingerprint density at radius 1 is 1.39 bits per heavy atom. The summed E-state index contributed by atoms with van der Waals surface area (Å²) in [5.41, 5.74) is 0. The molecule has 0 radical (unpaired) electrons. The Balaban J connectivity index is 2.40. The monoisotopic (exact) mass is 273 g/mol. The molecule has 0 unspecified atom stereocenters. The predicted molar refractivity (Wildman–Crippen MR) is 71.8 cm³/mol. The molecule has 0 saturated heterocycles. The Kier molecular flexibility index (Phi) is 5.81. The van der Waals surface area contributed by atoms with Crippen LogP contribution in [0.15, 0.2) is 11.2 Å². The highest BCUT2D eigenvalue weighted by Gasteiger charge is 2.15. The van der Waals surface area contributed by atoms with Crippen molar-refractivity contribution >= 4 is 10.0 Å². The van der Waals surface area contributed by atoms with E-state index in [4.69, 9.17) is 0 Å². The summed E-state index contributed by atoms with van der Waals surface area (Å²) in [7, 11) is -3.42. The molecule has 6 heteroatoms. The Hall–Kier alpha value is -0.880. The molecular weight excluding hydrogens is 250 g/mol. The van der Waals surface area contributed by atoms with Crippen molar-refractivity contribution in [1.82, 2.24) is 14.7 Å². The molecule has 0 aliphatic carbocycles. The average molecular weight is 273 g/mol. The summed E-state index contributed by atoms with van der Waals surface area (Å²) in [4.78, 5) is 6.79. The van der Waals surface area contributed by atoms with Gasteiger partial charge in [-0.3, -0.25) is 0 Å². The SMILES string of the molecule is CCc1ncc(S(=O)(=O)NCCCCC(C)C)[nH]1. The number of unbranched alkanes of at least 4 members (excludes halogenated alkanes) is 1. The number of hydrogen-bond donors (Lipinski definition) is 2. The molecule has 2 N–H and O–H groups in total. The fourth-order valence-electron chi connectivity index (χ4n) is 1.62. The van der Waals surface area contributed by atoms with E-state index >= 15 is 0 Å². The fourth-order valence-corrected chi connectivity index (χ4v) is 2.63. The van der Waals surface area contributed by atoms with Crippen molar-refractivity contribution in [2.24, 2.45) is 5.92 Å². The molecule has 0 bridgehead atoms. The van der Waals surface area contributed by atoms with Gasteiger partial charge in [0.1, 0.15) is 5.82 Å². The second kappa shape index (κ2) is 6.89. The van der Waals surface area contributed by atoms with Gasteiger partial charge in [0.05, 0.1) is 6.20 Å². The van der Waals surface area contributed by atoms with E-state index in [0.717, 1.165) is 19.3 Å². The first-order valence-corrected chi connectivity index (χ1v) is 7.97. The minimum atomic E-state index is -3.42. The molecule has 0 fully saturated rings. The number of hydrogen-bond acceptors (Lipinski definition) is 3. The quantitative estimate of drug-likeness (QED) is 0.712. The average Bonchev–Trinajstić information content (AvgIpc) is 2.77. The molecule has 18 heavy (non-hydrogen) atoms. The van der Waals surface area contributed by atoms with Crippen molar-refractivity contribution in [2.75, 3.05) is 6.54 Å². The Morgan fingerprint density at radius 3 is 2.67 bits per heavy atom. The lowest BCUT2D eigenvalue weighted by molar-refractivity contribution is 0.530. The lowest BCUT2D eigenvalue weighted by Crippen LogP contribution is -2.25. The van der Waals surface area contributed by atoms with Crippen molar-refractivity contribution in [3.63, 3.8) is 0 Å². The molecule has 1 aromatic heterocycles. The molecule has 0 saturated carbocycles. The van der Waals surface area contributed by atoms with Gasteiger partial charge < -0.3 is 4.98 Å². The zero-order valence-corrected chi connectivity index (χ0v) is 12.2. The molecular formula is C12H23N3O2S. The first kappa shape index (κ1) is 15.2. The van der Waals surface area contributed by atoms with Gasteiger partial charge in [-0.05, 0) is 12.3 Å². The van der Waals surface area contributed by atoms with Crippen molar-refractivity contribution in [3.05, 3.63) is 12.0 Å². The number of aromatic nitrogens is 2. The number of aryl methyl sites for hydroxylation is 1. The number of nitrogens with one attached hydrogen (secondary N) is 2. The van der Waals surface area contributed by atoms with E-state index in [2.05, 4.69) is 28.5 Å². The molecule has 0 aliphatic heterocycles. The van der Waals surface area contributed by atoms with Gasteiger partial charge in [-0.1, -0.05) is 33.6 Å². The van der Waals surface area contributed by atoms with Crippen LogP contribution in [0.1, 0.15) is 45.9 Å². The second-order valence-corrected chi connectivity index (χ2v) is 6.57. The van der Waals surface area contributed by atoms with E-state index in [0.29, 0.717) is 24.7 Å². The van der Waals surface area contributed by atoms with Gasteiger partial charge >= 0.3 is 0 Å². The normalized spacial score (nSPS) is 12.2. The summed E-state index contributed by atoms with van der Waals surface area (Å²) in [5, 5.41) is 0.156. The Morgan fingerprint density at radius 2 is 2.11 bits per heavy atom. The first-order chi connectivity index (χ1) is 8.45. The zero-order chi connectivity index (χ0) is 13.6. The molecule has 0 atom stereocenters. The van der Waals surface area contributed by atoms with Crippen LogP contribution in [-0.4, -0.2) is 24.9 Å². The topological polar surface area (TPSA) is 74.8 Å². The minimum absolute atomic E-state index is 0.156. The lowest BCUT2D eigenvalue weighted by Gasteiger charge is -2.06. The van der Waals surface area contributed by atoms with Crippen molar-refractivity contribution < 1.29 is 8.42 Å². The van der Waals surface area contributed by atoms with Crippen molar-refractivity contribution in [1.29, 1.82) is 0 Å². The number of H-pyrrole nitrogens is 1. The number of sulfonamides is 1. The van der Waals surface area contributed by atoms with Crippen molar-refractivity contribution in [3.8, 4) is 0 Å². The molecule has 1 aromatic rings. The van der Waals surface area contributed by atoms with Crippen LogP contribution >= 0.6 is 0 Å². The van der Waals surface area contributed by atoms with Gasteiger partial charge in [0.15, 0.2) is 5.03 Å². The fraction of sp³-hybridized carbons (Fsp3) is 0.750. The summed E-state index contributed by atoms with van der Waals surface area (Å²) in [6.45, 7) is 6.74. The summed E-state index contributed by atoms with van der Waals surface area (Å²) in [6, 6.07) is 0. The van der Waals surface area contributed by atoms with Gasteiger partial charge in [0.2, 0.25) is 0 Å². The third-order valence-electron chi connectivity index (χ3n) is 2.73. The highest BCUT2D eigenvalue weighted by atomic mass is 32.2. The second-order valence-electron chi connectivity index (χ2n) is 4.84. The highest BCUT2D eigenvalue weighted by molar-refractivity contribution is 7.89. The highest BCUT2D eigenvalue weighted by Crippen LogP contribution is 2.08. The van der Waals surface area contributed by atoms with Crippen molar-refractivity contribution in [2.45, 2.75) is 51.5 Å². The van der Waals surface area contributed by atoms with Gasteiger partial charge in [0, 0.05) is 13.0 Å². The van der Waals surface area contributed by atoms with Gasteiger partial charge in [-0.25, -0.2) is 18.1 Å². The molecule has 0 aliphatic rings. The summed E-state index contributed by atoms with van der Waals surface area (Å²) in [5.74, 6) is 1.36. The van der Waals surface area contributed by atoms with E-state index in [-0.39, 0.29) is 5.03 Å². The predicted octanol–water partition coefficient (Wildman–Crippen LogP) is 2.08. The Bertz CT molecular complexity index is 452. The van der Waals surface area contributed by atoms with E-state index < -0.39 is 10.0 Å². The standard InChI is InChI=1S/C12H23N3O2S/c1-4-11-13-9-12(15-11)18(16,17)14-8-6-5-7-10(2)3/h9-10,14H,4-8H2,1-3H3,(H,13,15). The van der Waals surface area contributed by atoms with E-state index in [1.54, 1.807) is 0 Å². The Labute approximate surface area is 109 Å². The van der Waals surface area contributed by atoms with Crippen LogP contribution in [0, 0.1) is 5.92 Å². The van der Waals surface area contributed by atoms with Crippen LogP contribution in [0.25, 0.3) is 0 Å². The summed E-state index contributed by atoms with van der Waals surface area (Å²) in [6.07, 6.45) is 5.11. The molecule has 104 valence electrons. The van der Waals surface area contributed by atoms with Crippen LogP contribution < -0.4 is 4.72 Å². The lowest BCUT2D eigenvalue weighted by atomic mass is 10.1. The van der Waals surface area contributed by atoms with E-state index in [1.807, 2.05) is 6.92 Å². The van der Waals surface area contributed by atoms with Crippen LogP contribution in [0.2, 0.25) is 0 Å².